The highest BCUT2D eigenvalue weighted by molar-refractivity contribution is 5.75. The van der Waals surface area contributed by atoms with E-state index < -0.39 is 0 Å². The van der Waals surface area contributed by atoms with Gasteiger partial charge in [0.15, 0.2) is 0 Å². The summed E-state index contributed by atoms with van der Waals surface area (Å²) in [6.07, 6.45) is 1.41. The Morgan fingerprint density at radius 1 is 1.31 bits per heavy atom. The molecule has 0 aromatic carbocycles. The Kier molecular flexibility index (Phi) is 4.18. The minimum Gasteiger partial charge on any atom is -0.377 e. The summed E-state index contributed by atoms with van der Waals surface area (Å²) in [5.41, 5.74) is 2.52. The van der Waals surface area contributed by atoms with E-state index in [1.165, 1.54) is 11.9 Å². The number of allylic oxidation sites excluding steroid dienone is 2. The molecule has 0 fully saturated rings. The Balaban J connectivity index is 4.44. The van der Waals surface area contributed by atoms with E-state index in [1.54, 1.807) is 0 Å². The highest BCUT2D eigenvalue weighted by Gasteiger charge is 2.14. The van der Waals surface area contributed by atoms with Crippen molar-refractivity contribution >= 4 is 6.21 Å². The van der Waals surface area contributed by atoms with Crippen LogP contribution in [0.5, 0.6) is 0 Å². The van der Waals surface area contributed by atoms with Crippen molar-refractivity contribution in [3.05, 3.63) is 11.3 Å². The van der Waals surface area contributed by atoms with Crippen LogP contribution in [0.1, 0.15) is 34.6 Å². The number of hydrogen-bond acceptors (Lipinski definition) is 2. The minimum atomic E-state index is 0.304. The first-order valence-electron chi connectivity index (χ1n) is 4.67. The van der Waals surface area contributed by atoms with E-state index in [1.807, 2.05) is 6.92 Å². The number of hydrogen-bond donors (Lipinski definition) is 1. The SMILES string of the molecule is C/C(C=N)=C(/C)N(C)CC(C)(C)C. The number of nitrogens with one attached hydrogen (secondary N) is 1. The molecule has 0 heterocycles. The molecule has 0 amide bonds. The third kappa shape index (κ3) is 4.71. The number of nitrogens with zero attached hydrogens (tertiary/aromatic N) is 1. The molecule has 0 rings (SSSR count). The summed E-state index contributed by atoms with van der Waals surface area (Å²) < 4.78 is 0. The van der Waals surface area contributed by atoms with E-state index in [2.05, 4.69) is 39.6 Å². The smallest absolute Gasteiger partial charge is 0.0224 e. The molecule has 0 aliphatic rings. The predicted octanol–water partition coefficient (Wildman–Crippen LogP) is 2.91. The van der Waals surface area contributed by atoms with Gasteiger partial charge in [0.25, 0.3) is 0 Å². The molecule has 1 N–H and O–H groups in total. The van der Waals surface area contributed by atoms with Crippen molar-refractivity contribution in [2.75, 3.05) is 13.6 Å². The third-order valence-electron chi connectivity index (χ3n) is 2.07. The van der Waals surface area contributed by atoms with Gasteiger partial charge in [0.05, 0.1) is 0 Å². The van der Waals surface area contributed by atoms with Crippen LogP contribution in [-0.4, -0.2) is 24.7 Å². The lowest BCUT2D eigenvalue weighted by atomic mass is 9.96. The minimum absolute atomic E-state index is 0.304. The van der Waals surface area contributed by atoms with E-state index >= 15 is 0 Å². The zero-order chi connectivity index (χ0) is 10.6. The Morgan fingerprint density at radius 2 is 1.77 bits per heavy atom. The van der Waals surface area contributed by atoms with Gasteiger partial charge in [-0.2, -0.15) is 0 Å². The molecule has 13 heavy (non-hydrogen) atoms. The maximum Gasteiger partial charge on any atom is 0.0224 e. The first-order chi connectivity index (χ1) is 5.78. The molecule has 0 bridgehead atoms. The maximum atomic E-state index is 7.15. The molecule has 76 valence electrons. The highest BCUT2D eigenvalue weighted by atomic mass is 15.1. The Hall–Kier alpha value is -0.790. The predicted molar refractivity (Wildman–Crippen MR) is 59.2 cm³/mol. The highest BCUT2D eigenvalue weighted by Crippen LogP contribution is 2.17. The lowest BCUT2D eigenvalue weighted by Gasteiger charge is -2.29. The zero-order valence-corrected chi connectivity index (χ0v) is 9.73. The first-order valence-corrected chi connectivity index (χ1v) is 4.67. The van der Waals surface area contributed by atoms with Gasteiger partial charge < -0.3 is 10.3 Å². The fraction of sp³-hybridized carbons (Fsp3) is 0.727. The van der Waals surface area contributed by atoms with Crippen LogP contribution in [0, 0.1) is 10.8 Å². The van der Waals surface area contributed by atoms with Crippen molar-refractivity contribution in [3.8, 4) is 0 Å². The van der Waals surface area contributed by atoms with E-state index in [-0.39, 0.29) is 0 Å². The van der Waals surface area contributed by atoms with Crippen molar-refractivity contribution in [1.29, 1.82) is 5.41 Å². The second-order valence-corrected chi connectivity index (χ2v) is 4.83. The van der Waals surface area contributed by atoms with Crippen LogP contribution in [-0.2, 0) is 0 Å². The molecule has 0 radical (unpaired) electrons. The van der Waals surface area contributed by atoms with Crippen LogP contribution < -0.4 is 0 Å². The topological polar surface area (TPSA) is 27.1 Å². The fourth-order valence-electron chi connectivity index (χ4n) is 1.24. The third-order valence-corrected chi connectivity index (χ3v) is 2.07. The monoisotopic (exact) mass is 182 g/mol. The Morgan fingerprint density at radius 3 is 2.08 bits per heavy atom. The van der Waals surface area contributed by atoms with E-state index in [9.17, 15) is 0 Å². The van der Waals surface area contributed by atoms with Gasteiger partial charge in [0, 0.05) is 25.5 Å². The molecule has 0 aliphatic heterocycles. The van der Waals surface area contributed by atoms with Crippen LogP contribution >= 0.6 is 0 Å². The van der Waals surface area contributed by atoms with Gasteiger partial charge in [-0.3, -0.25) is 0 Å². The summed E-state index contributed by atoms with van der Waals surface area (Å²) in [5, 5.41) is 7.15. The van der Waals surface area contributed by atoms with Crippen LogP contribution in [0.25, 0.3) is 0 Å². The average Bonchev–Trinajstić information content (AvgIpc) is 1.98. The summed E-state index contributed by atoms with van der Waals surface area (Å²) in [5.74, 6) is 0. The van der Waals surface area contributed by atoms with Crippen molar-refractivity contribution in [2.24, 2.45) is 5.41 Å². The lowest BCUT2D eigenvalue weighted by molar-refractivity contribution is 0.268. The van der Waals surface area contributed by atoms with E-state index in [4.69, 9.17) is 5.41 Å². The molecule has 0 saturated carbocycles. The molecule has 0 saturated heterocycles. The second-order valence-electron chi connectivity index (χ2n) is 4.83. The van der Waals surface area contributed by atoms with Crippen molar-refractivity contribution < 1.29 is 0 Å². The van der Waals surface area contributed by atoms with E-state index in [0.29, 0.717) is 5.41 Å². The first kappa shape index (κ1) is 12.2. The van der Waals surface area contributed by atoms with Crippen LogP contribution in [0.4, 0.5) is 0 Å². The second kappa shape index (κ2) is 4.45. The van der Waals surface area contributed by atoms with Gasteiger partial charge in [-0.1, -0.05) is 20.8 Å². The molecule has 2 heteroatoms. The van der Waals surface area contributed by atoms with Crippen LogP contribution in [0.15, 0.2) is 11.3 Å². The molecular formula is C11H22N2. The summed E-state index contributed by atoms with van der Waals surface area (Å²) >= 11 is 0. The standard InChI is InChI=1S/C11H22N2/c1-9(7-12)10(2)13(6)8-11(3,4)5/h7,12H,8H2,1-6H3/b10-9+,12-7?. The van der Waals surface area contributed by atoms with Crippen LogP contribution in [0.2, 0.25) is 0 Å². The Bertz CT molecular complexity index is 209. The van der Waals surface area contributed by atoms with Crippen LogP contribution in [0.3, 0.4) is 0 Å². The summed E-state index contributed by atoms with van der Waals surface area (Å²) in [4.78, 5) is 2.21. The quantitative estimate of drug-likeness (QED) is 0.668. The van der Waals surface area contributed by atoms with Gasteiger partial charge >= 0.3 is 0 Å². The molecule has 0 aromatic heterocycles. The lowest BCUT2D eigenvalue weighted by Crippen LogP contribution is -2.28. The van der Waals surface area contributed by atoms with Gasteiger partial charge in [-0.25, -0.2) is 0 Å². The van der Waals surface area contributed by atoms with Crippen molar-refractivity contribution in [3.63, 3.8) is 0 Å². The van der Waals surface area contributed by atoms with Gasteiger partial charge in [-0.05, 0) is 24.8 Å². The summed E-state index contributed by atoms with van der Waals surface area (Å²) in [7, 11) is 2.08. The normalized spacial score (nSPS) is 13.7. The molecular weight excluding hydrogens is 160 g/mol. The molecule has 0 aliphatic carbocycles. The average molecular weight is 182 g/mol. The molecule has 0 unspecified atom stereocenters. The van der Waals surface area contributed by atoms with Gasteiger partial charge in [0.1, 0.15) is 0 Å². The summed E-state index contributed by atoms with van der Waals surface area (Å²) in [6, 6.07) is 0. The van der Waals surface area contributed by atoms with E-state index in [0.717, 1.165) is 12.1 Å². The Labute approximate surface area is 82.1 Å². The number of rotatable bonds is 3. The van der Waals surface area contributed by atoms with Gasteiger partial charge in [0.2, 0.25) is 0 Å². The fourth-order valence-corrected chi connectivity index (χ4v) is 1.24. The molecule has 0 atom stereocenters. The molecule has 0 spiro atoms. The zero-order valence-electron chi connectivity index (χ0n) is 9.73. The molecule has 0 aromatic rings. The summed E-state index contributed by atoms with van der Waals surface area (Å²) in [6.45, 7) is 11.7. The van der Waals surface area contributed by atoms with Crippen molar-refractivity contribution in [1.82, 2.24) is 4.90 Å². The van der Waals surface area contributed by atoms with Crippen molar-refractivity contribution in [2.45, 2.75) is 34.6 Å². The molecule has 2 nitrogen and oxygen atoms in total. The largest absolute Gasteiger partial charge is 0.377 e. The maximum absolute atomic E-state index is 7.15. The van der Waals surface area contributed by atoms with Gasteiger partial charge in [-0.15, -0.1) is 0 Å².